The Hall–Kier alpha value is -0.420. The summed E-state index contributed by atoms with van der Waals surface area (Å²) >= 11 is 2.01. The molecule has 0 spiro atoms. The van der Waals surface area contributed by atoms with Crippen molar-refractivity contribution in [1.82, 2.24) is 10.6 Å². The fourth-order valence-corrected chi connectivity index (χ4v) is 3.50. The van der Waals surface area contributed by atoms with Gasteiger partial charge < -0.3 is 15.4 Å². The summed E-state index contributed by atoms with van der Waals surface area (Å²) in [5, 5.41) is 6.61. The third kappa shape index (κ3) is 5.61. The Labute approximate surface area is 120 Å². The van der Waals surface area contributed by atoms with Crippen LogP contribution in [0.25, 0.3) is 0 Å². The van der Waals surface area contributed by atoms with Gasteiger partial charge in [0.25, 0.3) is 0 Å². The second-order valence-corrected chi connectivity index (χ2v) is 7.70. The second kappa shape index (κ2) is 6.35. The van der Waals surface area contributed by atoms with Crippen LogP contribution in [0.1, 0.15) is 40.0 Å². The normalized spacial score (nSPS) is 25.1. The Morgan fingerprint density at radius 2 is 2.11 bits per heavy atom. The van der Waals surface area contributed by atoms with Gasteiger partial charge >= 0.3 is 6.09 Å². The maximum atomic E-state index is 11.7. The molecule has 1 heterocycles. The average Bonchev–Trinajstić information content (AvgIpc) is 3.00. The van der Waals surface area contributed by atoms with Crippen molar-refractivity contribution in [3.8, 4) is 0 Å². The van der Waals surface area contributed by atoms with Crippen LogP contribution >= 0.6 is 11.8 Å². The van der Waals surface area contributed by atoms with Crippen LogP contribution in [0.2, 0.25) is 0 Å². The zero-order valence-electron chi connectivity index (χ0n) is 12.2. The van der Waals surface area contributed by atoms with Crippen LogP contribution in [0.15, 0.2) is 0 Å². The van der Waals surface area contributed by atoms with E-state index >= 15 is 0 Å². The molecule has 1 amide bonds. The molecule has 1 saturated heterocycles. The van der Waals surface area contributed by atoms with E-state index in [0.717, 1.165) is 5.92 Å². The molecule has 0 unspecified atom stereocenters. The fourth-order valence-electron chi connectivity index (χ4n) is 2.34. The molecule has 5 heteroatoms. The maximum absolute atomic E-state index is 11.7. The first-order valence-corrected chi connectivity index (χ1v) is 8.40. The van der Waals surface area contributed by atoms with Crippen molar-refractivity contribution in [1.29, 1.82) is 0 Å². The van der Waals surface area contributed by atoms with Crippen molar-refractivity contribution in [2.24, 2.45) is 5.92 Å². The van der Waals surface area contributed by atoms with E-state index < -0.39 is 5.60 Å². The first-order chi connectivity index (χ1) is 8.94. The number of nitrogens with one attached hydrogen (secondary N) is 2. The van der Waals surface area contributed by atoms with Crippen molar-refractivity contribution < 1.29 is 9.53 Å². The molecular weight excluding hydrogens is 260 g/mol. The van der Waals surface area contributed by atoms with Gasteiger partial charge in [0, 0.05) is 24.4 Å². The Bertz CT molecular complexity index is 307. The first kappa shape index (κ1) is 15.0. The topological polar surface area (TPSA) is 50.4 Å². The van der Waals surface area contributed by atoms with Gasteiger partial charge in [-0.15, -0.1) is 0 Å². The molecule has 19 heavy (non-hydrogen) atoms. The quantitative estimate of drug-likeness (QED) is 0.815. The summed E-state index contributed by atoms with van der Waals surface area (Å²) in [5.41, 5.74) is -0.422. The molecule has 1 aliphatic heterocycles. The molecule has 2 N–H and O–H groups in total. The smallest absolute Gasteiger partial charge is 0.407 e. The number of amides is 1. The van der Waals surface area contributed by atoms with E-state index in [4.69, 9.17) is 4.74 Å². The monoisotopic (exact) mass is 286 g/mol. The third-order valence-corrected chi connectivity index (χ3v) is 4.60. The van der Waals surface area contributed by atoms with Gasteiger partial charge in [-0.3, -0.25) is 0 Å². The van der Waals surface area contributed by atoms with E-state index in [9.17, 15) is 4.79 Å². The van der Waals surface area contributed by atoms with Crippen molar-refractivity contribution in [2.45, 2.75) is 57.7 Å². The Morgan fingerprint density at radius 3 is 2.63 bits per heavy atom. The molecule has 2 fully saturated rings. The standard InChI is InChI=1S/C14H26N2O2S/c1-14(2,3)18-13(17)15-8-12(10-4-5-10)16-11-6-7-19-9-11/h10-12,16H,4-9H2,1-3H3,(H,15,17)/t11-,12-/m0/s1. The Balaban J connectivity index is 1.72. The summed E-state index contributed by atoms with van der Waals surface area (Å²) in [6, 6.07) is 1.03. The number of rotatable bonds is 5. The number of thioether (sulfide) groups is 1. The number of hydrogen-bond acceptors (Lipinski definition) is 4. The molecule has 2 rings (SSSR count). The van der Waals surface area contributed by atoms with Crippen molar-refractivity contribution in [2.75, 3.05) is 18.1 Å². The number of carbonyl (C=O) groups is 1. The number of hydrogen-bond donors (Lipinski definition) is 2. The summed E-state index contributed by atoms with van der Waals surface area (Å²) in [6.45, 7) is 6.34. The minimum Gasteiger partial charge on any atom is -0.444 e. The van der Waals surface area contributed by atoms with Gasteiger partial charge in [0.15, 0.2) is 0 Å². The minimum absolute atomic E-state index is 0.305. The van der Waals surface area contributed by atoms with E-state index in [1.807, 2.05) is 32.5 Å². The molecule has 0 aromatic carbocycles. The van der Waals surface area contributed by atoms with Crippen molar-refractivity contribution in [3.63, 3.8) is 0 Å². The molecule has 2 atom stereocenters. The number of carbonyl (C=O) groups excluding carboxylic acids is 1. The summed E-state index contributed by atoms with van der Waals surface area (Å²) in [4.78, 5) is 11.7. The highest BCUT2D eigenvalue weighted by molar-refractivity contribution is 7.99. The highest BCUT2D eigenvalue weighted by Gasteiger charge is 2.33. The molecule has 0 aromatic rings. The molecule has 0 radical (unpaired) electrons. The molecule has 110 valence electrons. The van der Waals surface area contributed by atoms with E-state index in [0.29, 0.717) is 18.6 Å². The highest BCUT2D eigenvalue weighted by atomic mass is 32.2. The van der Waals surface area contributed by atoms with Crippen LogP contribution in [-0.4, -0.2) is 41.8 Å². The van der Waals surface area contributed by atoms with Gasteiger partial charge in [-0.25, -0.2) is 4.79 Å². The second-order valence-electron chi connectivity index (χ2n) is 6.55. The summed E-state index contributed by atoms with van der Waals surface area (Å²) < 4.78 is 5.28. The number of alkyl carbamates (subject to hydrolysis) is 1. The third-order valence-electron chi connectivity index (χ3n) is 3.44. The van der Waals surface area contributed by atoms with Gasteiger partial charge in [0.2, 0.25) is 0 Å². The van der Waals surface area contributed by atoms with Crippen LogP contribution in [0, 0.1) is 5.92 Å². The van der Waals surface area contributed by atoms with Gasteiger partial charge in [-0.2, -0.15) is 11.8 Å². The highest BCUT2D eigenvalue weighted by Crippen LogP contribution is 2.33. The van der Waals surface area contributed by atoms with E-state index in [-0.39, 0.29) is 6.09 Å². The van der Waals surface area contributed by atoms with Gasteiger partial charge in [0.1, 0.15) is 5.60 Å². The van der Waals surface area contributed by atoms with Gasteiger partial charge in [-0.05, 0) is 51.7 Å². The van der Waals surface area contributed by atoms with Crippen LogP contribution < -0.4 is 10.6 Å². The summed E-state index contributed by atoms with van der Waals surface area (Å²) in [7, 11) is 0. The summed E-state index contributed by atoms with van der Waals surface area (Å²) in [5.74, 6) is 3.20. The van der Waals surface area contributed by atoms with Gasteiger partial charge in [-0.1, -0.05) is 0 Å². The maximum Gasteiger partial charge on any atom is 0.407 e. The molecule has 4 nitrogen and oxygen atoms in total. The van der Waals surface area contributed by atoms with Gasteiger partial charge in [0.05, 0.1) is 0 Å². The lowest BCUT2D eigenvalue weighted by molar-refractivity contribution is 0.0520. The SMILES string of the molecule is CC(C)(C)OC(=O)NC[C@H](N[C@H]1CCSC1)C1CC1. The van der Waals surface area contributed by atoms with Crippen LogP contribution in [0.5, 0.6) is 0 Å². The van der Waals surface area contributed by atoms with Crippen molar-refractivity contribution >= 4 is 17.9 Å². The average molecular weight is 286 g/mol. The lowest BCUT2D eigenvalue weighted by Crippen LogP contribution is -2.47. The van der Waals surface area contributed by atoms with Crippen LogP contribution in [0.3, 0.4) is 0 Å². The zero-order chi connectivity index (χ0) is 13.9. The molecule has 1 aliphatic carbocycles. The Morgan fingerprint density at radius 1 is 1.37 bits per heavy atom. The van der Waals surface area contributed by atoms with E-state index in [1.165, 1.54) is 30.8 Å². The molecule has 0 aromatic heterocycles. The van der Waals surface area contributed by atoms with Crippen LogP contribution in [-0.2, 0) is 4.74 Å². The van der Waals surface area contributed by atoms with E-state index in [2.05, 4.69) is 10.6 Å². The van der Waals surface area contributed by atoms with E-state index in [1.54, 1.807) is 0 Å². The predicted octanol–water partition coefficient (Wildman–Crippen LogP) is 2.38. The molecular formula is C14H26N2O2S. The molecule has 0 bridgehead atoms. The first-order valence-electron chi connectivity index (χ1n) is 7.25. The predicted molar refractivity (Wildman–Crippen MR) is 79.6 cm³/mol. The summed E-state index contributed by atoms with van der Waals surface area (Å²) in [6.07, 6.45) is 3.52. The fraction of sp³-hybridized carbons (Fsp3) is 0.929. The number of ether oxygens (including phenoxy) is 1. The van der Waals surface area contributed by atoms with Crippen LogP contribution in [0.4, 0.5) is 4.79 Å². The largest absolute Gasteiger partial charge is 0.444 e. The molecule has 1 saturated carbocycles. The zero-order valence-corrected chi connectivity index (χ0v) is 13.0. The van der Waals surface area contributed by atoms with Crippen molar-refractivity contribution in [3.05, 3.63) is 0 Å². The Kier molecular flexibility index (Phi) is 5.01. The lowest BCUT2D eigenvalue weighted by Gasteiger charge is -2.24. The minimum atomic E-state index is -0.422. The molecule has 2 aliphatic rings. The lowest BCUT2D eigenvalue weighted by atomic mass is 10.1.